The van der Waals surface area contributed by atoms with Crippen LogP contribution in [0.3, 0.4) is 0 Å². The fourth-order valence-corrected chi connectivity index (χ4v) is 1.66. The zero-order chi connectivity index (χ0) is 13.1. The van der Waals surface area contributed by atoms with Crippen LogP contribution in [0.25, 0.3) is 0 Å². The largest absolute Gasteiger partial charge is 0.398 e. The first-order valence-corrected chi connectivity index (χ1v) is 5.73. The second-order valence-electron chi connectivity index (χ2n) is 3.88. The molecule has 0 bridgehead atoms. The number of benzene rings is 1. The molecule has 2 aromatic rings. The van der Waals surface area contributed by atoms with E-state index in [1.165, 1.54) is 0 Å². The molecule has 0 saturated carbocycles. The fourth-order valence-electron chi connectivity index (χ4n) is 1.45. The Morgan fingerprint density at radius 3 is 2.78 bits per heavy atom. The molecule has 1 aromatic carbocycles. The van der Waals surface area contributed by atoms with Gasteiger partial charge in [0.05, 0.1) is 16.3 Å². The number of aryl methyl sites for hydroxylation is 1. The van der Waals surface area contributed by atoms with Gasteiger partial charge in [0.2, 0.25) is 0 Å². The van der Waals surface area contributed by atoms with Crippen LogP contribution in [0.15, 0.2) is 36.5 Å². The second kappa shape index (κ2) is 5.06. The minimum Gasteiger partial charge on any atom is -0.398 e. The van der Waals surface area contributed by atoms with Crippen LogP contribution in [0.4, 0.5) is 11.5 Å². The number of nitrogens with two attached hydrogens (primary N) is 1. The Bertz CT molecular complexity index is 581. The average Bonchev–Trinajstić information content (AvgIpc) is 2.35. The van der Waals surface area contributed by atoms with Crippen molar-refractivity contribution in [1.29, 1.82) is 0 Å². The Morgan fingerprint density at radius 1 is 1.33 bits per heavy atom. The van der Waals surface area contributed by atoms with E-state index >= 15 is 0 Å². The molecular formula is C13H12ClN3O. The predicted molar refractivity (Wildman–Crippen MR) is 72.8 cm³/mol. The van der Waals surface area contributed by atoms with Gasteiger partial charge in [0.25, 0.3) is 5.91 Å². The standard InChI is InChI=1S/C13H12ClN3O/c1-8-5-6-11(16-7-8)17-13(18)9-3-2-4-10(15)12(9)14/h2-7H,15H2,1H3,(H,16,17,18). The van der Waals surface area contributed by atoms with Crippen LogP contribution in [-0.4, -0.2) is 10.9 Å². The summed E-state index contributed by atoms with van der Waals surface area (Å²) in [6, 6.07) is 8.53. The number of amides is 1. The number of nitrogens with one attached hydrogen (secondary N) is 1. The second-order valence-corrected chi connectivity index (χ2v) is 4.26. The number of carbonyl (C=O) groups is 1. The lowest BCUT2D eigenvalue weighted by Crippen LogP contribution is -2.14. The number of nitrogens with zero attached hydrogens (tertiary/aromatic N) is 1. The van der Waals surface area contributed by atoms with Crippen molar-refractivity contribution in [2.45, 2.75) is 6.92 Å². The number of hydrogen-bond donors (Lipinski definition) is 2. The summed E-state index contributed by atoms with van der Waals surface area (Å²) in [4.78, 5) is 16.1. The maximum atomic E-state index is 12.0. The lowest BCUT2D eigenvalue weighted by atomic mass is 10.2. The first-order valence-electron chi connectivity index (χ1n) is 5.36. The number of carbonyl (C=O) groups excluding carboxylic acids is 1. The SMILES string of the molecule is Cc1ccc(NC(=O)c2cccc(N)c2Cl)nc1. The van der Waals surface area contributed by atoms with Crippen molar-refractivity contribution in [2.24, 2.45) is 0 Å². The molecule has 0 aliphatic heterocycles. The van der Waals surface area contributed by atoms with Gasteiger partial charge in [-0.15, -0.1) is 0 Å². The van der Waals surface area contributed by atoms with Crippen LogP contribution >= 0.6 is 11.6 Å². The highest BCUT2D eigenvalue weighted by Gasteiger charge is 2.12. The summed E-state index contributed by atoms with van der Waals surface area (Å²) >= 11 is 5.97. The lowest BCUT2D eigenvalue weighted by Gasteiger charge is -2.07. The number of aromatic nitrogens is 1. The molecule has 0 radical (unpaired) electrons. The van der Waals surface area contributed by atoms with Gasteiger partial charge in [0, 0.05) is 6.20 Å². The minimum atomic E-state index is -0.330. The van der Waals surface area contributed by atoms with Crippen LogP contribution in [0, 0.1) is 6.92 Å². The Balaban J connectivity index is 2.22. The predicted octanol–water partition coefficient (Wildman–Crippen LogP) is 2.88. The third-order valence-electron chi connectivity index (χ3n) is 2.43. The maximum Gasteiger partial charge on any atom is 0.258 e. The van der Waals surface area contributed by atoms with Crippen LogP contribution in [0.1, 0.15) is 15.9 Å². The third kappa shape index (κ3) is 2.60. The first kappa shape index (κ1) is 12.4. The van der Waals surface area contributed by atoms with Gasteiger partial charge < -0.3 is 11.1 Å². The number of hydrogen-bond acceptors (Lipinski definition) is 3. The number of nitrogen functional groups attached to an aromatic ring is 1. The topological polar surface area (TPSA) is 68.0 Å². The molecule has 0 spiro atoms. The molecule has 1 aromatic heterocycles. The third-order valence-corrected chi connectivity index (χ3v) is 2.85. The Hall–Kier alpha value is -2.07. The van der Waals surface area contributed by atoms with Gasteiger partial charge in [0.1, 0.15) is 5.82 Å². The molecule has 0 fully saturated rings. The van der Waals surface area contributed by atoms with E-state index in [1.807, 2.05) is 13.0 Å². The Labute approximate surface area is 110 Å². The van der Waals surface area contributed by atoms with E-state index in [-0.39, 0.29) is 10.9 Å². The van der Waals surface area contributed by atoms with E-state index in [9.17, 15) is 4.79 Å². The highest BCUT2D eigenvalue weighted by Crippen LogP contribution is 2.23. The first-order chi connectivity index (χ1) is 8.58. The highest BCUT2D eigenvalue weighted by molar-refractivity contribution is 6.36. The van der Waals surface area contributed by atoms with Crippen molar-refractivity contribution in [2.75, 3.05) is 11.1 Å². The van der Waals surface area contributed by atoms with Crippen molar-refractivity contribution in [3.8, 4) is 0 Å². The van der Waals surface area contributed by atoms with Gasteiger partial charge in [0.15, 0.2) is 0 Å². The highest BCUT2D eigenvalue weighted by atomic mass is 35.5. The zero-order valence-electron chi connectivity index (χ0n) is 9.77. The summed E-state index contributed by atoms with van der Waals surface area (Å²) in [5.41, 5.74) is 7.38. The normalized spacial score (nSPS) is 10.1. The van der Waals surface area contributed by atoms with E-state index in [4.69, 9.17) is 17.3 Å². The van der Waals surface area contributed by atoms with Crippen LogP contribution in [0.5, 0.6) is 0 Å². The Kier molecular flexibility index (Phi) is 3.48. The average molecular weight is 262 g/mol. The van der Waals surface area contributed by atoms with Crippen molar-refractivity contribution < 1.29 is 4.79 Å². The number of halogens is 1. The van der Waals surface area contributed by atoms with E-state index < -0.39 is 0 Å². The molecule has 0 aliphatic carbocycles. The van der Waals surface area contributed by atoms with Gasteiger partial charge in [-0.2, -0.15) is 0 Å². The summed E-state index contributed by atoms with van der Waals surface area (Å²) in [6.45, 7) is 1.92. The smallest absolute Gasteiger partial charge is 0.258 e. The van der Waals surface area contributed by atoms with Crippen molar-refractivity contribution in [1.82, 2.24) is 4.98 Å². The summed E-state index contributed by atoms with van der Waals surface area (Å²) in [7, 11) is 0. The molecule has 92 valence electrons. The van der Waals surface area contributed by atoms with Crippen molar-refractivity contribution in [3.05, 3.63) is 52.7 Å². The van der Waals surface area contributed by atoms with Gasteiger partial charge in [-0.05, 0) is 30.7 Å². The summed E-state index contributed by atoms with van der Waals surface area (Å²) in [5, 5.41) is 2.92. The molecule has 18 heavy (non-hydrogen) atoms. The summed E-state index contributed by atoms with van der Waals surface area (Å²) < 4.78 is 0. The van der Waals surface area contributed by atoms with E-state index in [1.54, 1.807) is 30.5 Å². The zero-order valence-corrected chi connectivity index (χ0v) is 10.5. The molecule has 2 rings (SSSR count). The molecule has 0 saturated heterocycles. The fraction of sp³-hybridized carbons (Fsp3) is 0.0769. The van der Waals surface area contributed by atoms with Gasteiger partial charge in [-0.1, -0.05) is 23.7 Å². The quantitative estimate of drug-likeness (QED) is 0.817. The molecule has 1 heterocycles. The van der Waals surface area contributed by atoms with Crippen molar-refractivity contribution in [3.63, 3.8) is 0 Å². The summed E-state index contributed by atoms with van der Waals surface area (Å²) in [5.74, 6) is 0.146. The maximum absolute atomic E-state index is 12.0. The minimum absolute atomic E-state index is 0.252. The van der Waals surface area contributed by atoms with E-state index in [0.29, 0.717) is 17.1 Å². The molecule has 4 nitrogen and oxygen atoms in total. The number of pyridine rings is 1. The van der Waals surface area contributed by atoms with Crippen LogP contribution in [0.2, 0.25) is 5.02 Å². The van der Waals surface area contributed by atoms with Gasteiger partial charge in [-0.25, -0.2) is 4.98 Å². The van der Waals surface area contributed by atoms with Gasteiger partial charge in [-0.3, -0.25) is 4.79 Å². The van der Waals surface area contributed by atoms with Crippen LogP contribution in [-0.2, 0) is 0 Å². The van der Waals surface area contributed by atoms with E-state index in [0.717, 1.165) is 5.56 Å². The summed E-state index contributed by atoms with van der Waals surface area (Å²) in [6.07, 6.45) is 1.68. The molecule has 1 amide bonds. The van der Waals surface area contributed by atoms with Gasteiger partial charge >= 0.3 is 0 Å². The molecule has 0 atom stereocenters. The molecular weight excluding hydrogens is 250 g/mol. The van der Waals surface area contributed by atoms with E-state index in [2.05, 4.69) is 10.3 Å². The monoisotopic (exact) mass is 261 g/mol. The molecule has 5 heteroatoms. The van der Waals surface area contributed by atoms with Crippen LogP contribution < -0.4 is 11.1 Å². The Morgan fingerprint density at radius 2 is 2.11 bits per heavy atom. The molecule has 0 aliphatic rings. The molecule has 0 unspecified atom stereocenters. The van der Waals surface area contributed by atoms with Crippen molar-refractivity contribution >= 4 is 29.0 Å². The number of anilines is 2. The number of rotatable bonds is 2. The lowest BCUT2D eigenvalue weighted by molar-refractivity contribution is 0.102. The molecule has 3 N–H and O–H groups in total.